The van der Waals surface area contributed by atoms with Crippen LogP contribution in [0.5, 0.6) is 0 Å². The summed E-state index contributed by atoms with van der Waals surface area (Å²) in [7, 11) is 3.59. The van der Waals surface area contributed by atoms with Crippen LogP contribution in [0.2, 0.25) is 0 Å². The number of methoxy groups -OCH3 is 1. The molecule has 0 amide bonds. The lowest BCUT2D eigenvalue weighted by Crippen LogP contribution is -2.42. The van der Waals surface area contributed by atoms with Gasteiger partial charge in [0.2, 0.25) is 0 Å². The molecule has 2 aliphatic rings. The van der Waals surface area contributed by atoms with Crippen LogP contribution in [0.1, 0.15) is 12.8 Å². The van der Waals surface area contributed by atoms with Gasteiger partial charge in [-0.25, -0.2) is 0 Å². The fraction of sp³-hybridized carbons (Fsp3) is 0.667. The lowest BCUT2D eigenvalue weighted by Gasteiger charge is -2.23. The Hall–Kier alpha value is -1.79. The Kier molecular flexibility index (Phi) is 7.78. The summed E-state index contributed by atoms with van der Waals surface area (Å²) in [6.07, 6.45) is 2.40. The summed E-state index contributed by atoms with van der Waals surface area (Å²) in [4.78, 5) is 9.36. The van der Waals surface area contributed by atoms with Crippen molar-refractivity contribution in [2.75, 3.05) is 71.6 Å². The van der Waals surface area contributed by atoms with Crippen molar-refractivity contribution in [1.29, 1.82) is 0 Å². The van der Waals surface area contributed by atoms with E-state index < -0.39 is 0 Å². The quantitative estimate of drug-likeness (QED) is 0.429. The zero-order valence-corrected chi connectivity index (χ0v) is 16.8. The van der Waals surface area contributed by atoms with Gasteiger partial charge >= 0.3 is 0 Å². The molecule has 3 rings (SSSR count). The van der Waals surface area contributed by atoms with Gasteiger partial charge in [-0.3, -0.25) is 4.99 Å². The largest absolute Gasteiger partial charge is 0.382 e. The van der Waals surface area contributed by atoms with Crippen LogP contribution in [-0.2, 0) is 9.47 Å². The number of rotatable bonds is 8. The van der Waals surface area contributed by atoms with Gasteiger partial charge in [0.05, 0.1) is 19.8 Å². The van der Waals surface area contributed by atoms with Crippen LogP contribution in [0, 0.1) is 11.8 Å². The minimum Gasteiger partial charge on any atom is -0.382 e. The van der Waals surface area contributed by atoms with E-state index in [0.29, 0.717) is 25.0 Å². The molecule has 0 aromatic heterocycles. The number of para-hydroxylation sites is 1. The topological polar surface area (TPSA) is 49.3 Å². The van der Waals surface area contributed by atoms with Crippen LogP contribution in [0.4, 0.5) is 5.69 Å². The highest BCUT2D eigenvalue weighted by Gasteiger charge is 2.27. The Morgan fingerprint density at radius 2 is 1.93 bits per heavy atom. The molecule has 2 aliphatic heterocycles. The number of nitrogens with zero attached hydrogens (tertiary/aromatic N) is 3. The van der Waals surface area contributed by atoms with Crippen molar-refractivity contribution in [1.82, 2.24) is 10.2 Å². The Labute approximate surface area is 163 Å². The smallest absolute Gasteiger partial charge is 0.193 e. The summed E-state index contributed by atoms with van der Waals surface area (Å²) in [5, 5.41) is 3.61. The Balaban J connectivity index is 1.39. The molecule has 1 N–H and O–H groups in total. The molecule has 150 valence electrons. The molecule has 27 heavy (non-hydrogen) atoms. The van der Waals surface area contributed by atoms with Crippen LogP contribution in [-0.4, -0.2) is 77.6 Å². The van der Waals surface area contributed by atoms with Crippen molar-refractivity contribution in [2.24, 2.45) is 16.8 Å². The highest BCUT2D eigenvalue weighted by Crippen LogP contribution is 2.23. The predicted octanol–water partition coefficient (Wildman–Crippen LogP) is 2.07. The third-order valence-corrected chi connectivity index (χ3v) is 5.54. The van der Waals surface area contributed by atoms with E-state index in [0.717, 1.165) is 45.3 Å². The van der Waals surface area contributed by atoms with E-state index in [1.54, 1.807) is 7.11 Å². The van der Waals surface area contributed by atoms with Gasteiger partial charge in [0, 0.05) is 58.5 Å². The van der Waals surface area contributed by atoms with Gasteiger partial charge in [0.1, 0.15) is 0 Å². The van der Waals surface area contributed by atoms with Crippen LogP contribution in [0.15, 0.2) is 35.3 Å². The molecule has 0 saturated carbocycles. The highest BCUT2D eigenvalue weighted by molar-refractivity contribution is 5.80. The van der Waals surface area contributed by atoms with Crippen molar-refractivity contribution < 1.29 is 9.47 Å². The maximum atomic E-state index is 5.70. The minimum atomic E-state index is 0.584. The second-order valence-electron chi connectivity index (χ2n) is 7.53. The molecule has 2 heterocycles. The SMILES string of the molecule is CN=C(NCC1CCN(c2ccccc2)C1)N1CCC(COCCOC)C1. The molecule has 6 heteroatoms. The van der Waals surface area contributed by atoms with Crippen molar-refractivity contribution in [3.63, 3.8) is 0 Å². The van der Waals surface area contributed by atoms with Crippen LogP contribution < -0.4 is 10.2 Å². The van der Waals surface area contributed by atoms with Gasteiger partial charge in [-0.05, 0) is 30.9 Å². The fourth-order valence-corrected chi connectivity index (χ4v) is 3.99. The summed E-state index contributed by atoms with van der Waals surface area (Å²) in [5.74, 6) is 2.28. The van der Waals surface area contributed by atoms with Gasteiger partial charge in [0.15, 0.2) is 5.96 Å². The number of nitrogens with one attached hydrogen (secondary N) is 1. The number of ether oxygens (including phenoxy) is 2. The standard InChI is InChI=1S/C21H34N4O2/c1-22-21(25-11-9-19(16-25)17-27-13-12-26-2)23-14-18-8-10-24(15-18)20-6-4-3-5-7-20/h3-7,18-19H,8-17H2,1-2H3,(H,22,23). The van der Waals surface area contributed by atoms with Gasteiger partial charge in [0.25, 0.3) is 0 Å². The number of benzene rings is 1. The minimum absolute atomic E-state index is 0.584. The van der Waals surface area contributed by atoms with E-state index in [1.807, 2.05) is 7.05 Å². The van der Waals surface area contributed by atoms with Crippen LogP contribution in [0.25, 0.3) is 0 Å². The molecule has 2 atom stereocenters. The molecule has 0 spiro atoms. The van der Waals surface area contributed by atoms with Crippen molar-refractivity contribution in [3.05, 3.63) is 30.3 Å². The molecule has 2 unspecified atom stereocenters. The van der Waals surface area contributed by atoms with Gasteiger partial charge in [-0.2, -0.15) is 0 Å². The lowest BCUT2D eigenvalue weighted by atomic mass is 10.1. The first-order chi connectivity index (χ1) is 13.3. The van der Waals surface area contributed by atoms with Gasteiger partial charge in [-0.15, -0.1) is 0 Å². The Morgan fingerprint density at radius 1 is 1.11 bits per heavy atom. The lowest BCUT2D eigenvalue weighted by molar-refractivity contribution is 0.0536. The first kappa shape index (κ1) is 20.0. The molecule has 1 aromatic carbocycles. The Bertz CT molecular complexity index is 581. The number of aliphatic imine (C=N–C) groups is 1. The number of hydrogen-bond donors (Lipinski definition) is 1. The predicted molar refractivity (Wildman–Crippen MR) is 110 cm³/mol. The van der Waals surface area contributed by atoms with Crippen molar-refractivity contribution >= 4 is 11.6 Å². The highest BCUT2D eigenvalue weighted by atomic mass is 16.5. The van der Waals surface area contributed by atoms with E-state index >= 15 is 0 Å². The zero-order chi connectivity index (χ0) is 18.9. The van der Waals surface area contributed by atoms with E-state index in [2.05, 4.69) is 50.4 Å². The molecular weight excluding hydrogens is 340 g/mol. The molecule has 0 aliphatic carbocycles. The third-order valence-electron chi connectivity index (χ3n) is 5.54. The number of likely N-dealkylation sites (tertiary alicyclic amines) is 1. The summed E-state index contributed by atoms with van der Waals surface area (Å²) < 4.78 is 10.7. The Morgan fingerprint density at radius 3 is 2.70 bits per heavy atom. The summed E-state index contributed by atoms with van der Waals surface area (Å²) >= 11 is 0. The molecular formula is C21H34N4O2. The first-order valence-corrected chi connectivity index (χ1v) is 10.1. The molecule has 0 radical (unpaired) electrons. The molecule has 6 nitrogen and oxygen atoms in total. The van der Waals surface area contributed by atoms with Gasteiger partial charge < -0.3 is 24.6 Å². The summed E-state index contributed by atoms with van der Waals surface area (Å²) in [6, 6.07) is 10.7. The van der Waals surface area contributed by atoms with Crippen molar-refractivity contribution in [3.8, 4) is 0 Å². The number of hydrogen-bond acceptors (Lipinski definition) is 4. The summed E-state index contributed by atoms with van der Waals surface area (Å²) in [6.45, 7) is 7.48. The van der Waals surface area contributed by atoms with E-state index in [9.17, 15) is 0 Å². The second-order valence-corrected chi connectivity index (χ2v) is 7.53. The van der Waals surface area contributed by atoms with Crippen LogP contribution in [0.3, 0.4) is 0 Å². The fourth-order valence-electron chi connectivity index (χ4n) is 3.99. The summed E-state index contributed by atoms with van der Waals surface area (Å²) in [5.41, 5.74) is 1.33. The average Bonchev–Trinajstić information content (AvgIpc) is 3.37. The first-order valence-electron chi connectivity index (χ1n) is 10.1. The zero-order valence-electron chi connectivity index (χ0n) is 16.8. The number of guanidine groups is 1. The molecule has 2 fully saturated rings. The molecule has 1 aromatic rings. The molecule has 2 saturated heterocycles. The van der Waals surface area contributed by atoms with E-state index in [1.165, 1.54) is 18.5 Å². The number of anilines is 1. The van der Waals surface area contributed by atoms with Crippen molar-refractivity contribution in [2.45, 2.75) is 12.8 Å². The average molecular weight is 375 g/mol. The van der Waals surface area contributed by atoms with Gasteiger partial charge in [-0.1, -0.05) is 18.2 Å². The maximum absolute atomic E-state index is 5.70. The third kappa shape index (κ3) is 5.84. The normalized spacial score (nSPS) is 23.3. The van der Waals surface area contributed by atoms with E-state index in [4.69, 9.17) is 9.47 Å². The maximum Gasteiger partial charge on any atom is 0.193 e. The second kappa shape index (κ2) is 10.5. The monoisotopic (exact) mass is 374 g/mol. The van der Waals surface area contributed by atoms with E-state index in [-0.39, 0.29) is 0 Å². The molecule has 0 bridgehead atoms. The van der Waals surface area contributed by atoms with Crippen LogP contribution >= 0.6 is 0 Å².